The van der Waals surface area contributed by atoms with Crippen LogP contribution in [-0.2, 0) is 11.3 Å². The summed E-state index contributed by atoms with van der Waals surface area (Å²) in [5.41, 5.74) is 2.99. The van der Waals surface area contributed by atoms with Gasteiger partial charge < -0.3 is 14.6 Å². The van der Waals surface area contributed by atoms with Crippen molar-refractivity contribution in [3.8, 4) is 0 Å². The van der Waals surface area contributed by atoms with Crippen LogP contribution < -0.4 is 5.32 Å². The molecule has 0 spiro atoms. The third-order valence-electron chi connectivity index (χ3n) is 4.43. The maximum Gasteiger partial charge on any atom is 0.206 e. The lowest BCUT2D eigenvalue weighted by Gasteiger charge is -2.08. The van der Waals surface area contributed by atoms with Gasteiger partial charge >= 0.3 is 0 Å². The van der Waals surface area contributed by atoms with E-state index in [1.165, 1.54) is 23.1 Å². The Labute approximate surface area is 156 Å². The van der Waals surface area contributed by atoms with Gasteiger partial charge in [0.15, 0.2) is 10.1 Å². The van der Waals surface area contributed by atoms with Crippen molar-refractivity contribution in [1.29, 1.82) is 0 Å². The fourth-order valence-corrected chi connectivity index (χ4v) is 4.76. The molecular formula is C17H24N4O2S2. The molecule has 2 aromatic rings. The number of hydrogen-bond acceptors (Lipinski definition) is 7. The first-order valence-electron chi connectivity index (χ1n) is 8.60. The Morgan fingerprint density at radius 1 is 1.48 bits per heavy atom. The molecule has 25 heavy (non-hydrogen) atoms. The molecule has 0 aliphatic carbocycles. The van der Waals surface area contributed by atoms with Gasteiger partial charge in [-0.3, -0.25) is 4.79 Å². The summed E-state index contributed by atoms with van der Waals surface area (Å²) in [5.74, 6) is 0.524. The highest BCUT2D eigenvalue weighted by Crippen LogP contribution is 2.27. The maximum atomic E-state index is 12.5. The average Bonchev–Trinajstić information content (AvgIpc) is 3.32. The fraction of sp³-hybridized carbons (Fsp3) is 0.588. The first-order chi connectivity index (χ1) is 12.1. The van der Waals surface area contributed by atoms with Crippen LogP contribution >= 0.6 is 23.1 Å². The number of aromatic nitrogens is 3. The molecule has 1 fully saturated rings. The van der Waals surface area contributed by atoms with Crippen molar-refractivity contribution in [3.63, 3.8) is 0 Å². The molecule has 2 aromatic heterocycles. The lowest BCUT2D eigenvalue weighted by atomic mass is 10.2. The van der Waals surface area contributed by atoms with E-state index in [2.05, 4.69) is 27.0 Å². The molecule has 3 heterocycles. The number of anilines is 1. The number of thioether (sulfide) groups is 1. The highest BCUT2D eigenvalue weighted by atomic mass is 32.2. The summed E-state index contributed by atoms with van der Waals surface area (Å²) in [5, 5.41) is 12.4. The fourth-order valence-electron chi connectivity index (χ4n) is 3.12. The Balaban J connectivity index is 1.52. The van der Waals surface area contributed by atoms with Crippen LogP contribution in [0.25, 0.3) is 0 Å². The van der Waals surface area contributed by atoms with Crippen LogP contribution in [0.4, 0.5) is 5.13 Å². The summed E-state index contributed by atoms with van der Waals surface area (Å²) >= 11 is 2.94. The Morgan fingerprint density at radius 3 is 3.00 bits per heavy atom. The van der Waals surface area contributed by atoms with Gasteiger partial charge in [0.25, 0.3) is 0 Å². The van der Waals surface area contributed by atoms with Gasteiger partial charge in [-0.25, -0.2) is 0 Å². The number of Topliss-reactive ketones (excluding diaryl/α,β-unsaturated/α-hetero) is 1. The van der Waals surface area contributed by atoms with E-state index in [0.29, 0.717) is 5.75 Å². The van der Waals surface area contributed by atoms with Gasteiger partial charge in [0.1, 0.15) is 0 Å². The van der Waals surface area contributed by atoms with E-state index in [-0.39, 0.29) is 11.9 Å². The van der Waals surface area contributed by atoms with Crippen LogP contribution in [0.1, 0.15) is 41.5 Å². The molecule has 0 bridgehead atoms. The first-order valence-corrected chi connectivity index (χ1v) is 10.4. The van der Waals surface area contributed by atoms with Crippen molar-refractivity contribution in [3.05, 3.63) is 23.0 Å². The van der Waals surface area contributed by atoms with E-state index in [0.717, 1.165) is 59.0 Å². The second kappa shape index (κ2) is 8.33. The van der Waals surface area contributed by atoms with Crippen molar-refractivity contribution >= 4 is 34.0 Å². The summed E-state index contributed by atoms with van der Waals surface area (Å²) in [6, 6.07) is 1.98. The number of nitrogens with one attached hydrogen (secondary N) is 1. The predicted molar refractivity (Wildman–Crippen MR) is 102 cm³/mol. The highest BCUT2D eigenvalue weighted by molar-refractivity contribution is 8.01. The molecule has 0 amide bonds. The van der Waals surface area contributed by atoms with Gasteiger partial charge in [-0.1, -0.05) is 23.1 Å². The molecule has 0 radical (unpaired) electrons. The van der Waals surface area contributed by atoms with Gasteiger partial charge in [0, 0.05) is 36.6 Å². The van der Waals surface area contributed by atoms with Crippen molar-refractivity contribution in [2.75, 3.05) is 24.2 Å². The molecule has 6 nitrogen and oxygen atoms in total. The maximum absolute atomic E-state index is 12.5. The molecule has 0 aromatic carbocycles. The number of hydrogen-bond donors (Lipinski definition) is 1. The summed E-state index contributed by atoms with van der Waals surface area (Å²) in [7, 11) is 0. The predicted octanol–water partition coefficient (Wildman–Crippen LogP) is 3.54. The highest BCUT2D eigenvalue weighted by Gasteiger charge is 2.18. The number of nitrogens with zero attached hydrogens (tertiary/aromatic N) is 3. The minimum atomic E-state index is 0.141. The smallest absolute Gasteiger partial charge is 0.206 e. The van der Waals surface area contributed by atoms with E-state index < -0.39 is 0 Å². The third-order valence-corrected chi connectivity index (χ3v) is 6.44. The van der Waals surface area contributed by atoms with Crippen LogP contribution in [0.5, 0.6) is 0 Å². The number of ether oxygens (including phenoxy) is 1. The quantitative estimate of drug-likeness (QED) is 0.558. The Morgan fingerprint density at radius 2 is 2.32 bits per heavy atom. The van der Waals surface area contributed by atoms with Gasteiger partial charge in [0.2, 0.25) is 5.13 Å². The van der Waals surface area contributed by atoms with E-state index in [9.17, 15) is 4.79 Å². The number of rotatable bonds is 8. The Hall–Kier alpha value is -1.38. The lowest BCUT2D eigenvalue weighted by Crippen LogP contribution is -2.18. The first kappa shape index (κ1) is 18.4. The number of carbonyl (C=O) groups is 1. The number of carbonyl (C=O) groups excluding carboxylic acids is 1. The molecule has 1 atom stereocenters. The number of ketones is 1. The summed E-state index contributed by atoms with van der Waals surface area (Å²) in [6.45, 7) is 8.64. The van der Waals surface area contributed by atoms with Gasteiger partial charge in [-0.2, -0.15) is 0 Å². The molecule has 136 valence electrons. The van der Waals surface area contributed by atoms with Crippen LogP contribution in [0.3, 0.4) is 0 Å². The van der Waals surface area contributed by atoms with E-state index in [1.807, 2.05) is 19.9 Å². The zero-order valence-electron chi connectivity index (χ0n) is 14.9. The normalized spacial score (nSPS) is 17.2. The van der Waals surface area contributed by atoms with E-state index in [1.54, 1.807) is 0 Å². The molecule has 8 heteroatoms. The molecule has 1 aliphatic heterocycles. The second-order valence-electron chi connectivity index (χ2n) is 6.13. The molecule has 0 unspecified atom stereocenters. The molecule has 0 saturated carbocycles. The Kier molecular flexibility index (Phi) is 6.14. The zero-order valence-corrected chi connectivity index (χ0v) is 16.5. The van der Waals surface area contributed by atoms with Crippen LogP contribution in [0, 0.1) is 13.8 Å². The zero-order chi connectivity index (χ0) is 17.8. The molecule has 3 rings (SSSR count). The van der Waals surface area contributed by atoms with Crippen molar-refractivity contribution in [2.45, 2.75) is 50.6 Å². The lowest BCUT2D eigenvalue weighted by molar-refractivity contribution is 0.102. The standard InChI is InChI=1S/C17H24N4O2S2/c1-4-21-11(2)8-14(12(21)3)15(22)10-24-17-20-19-16(25-17)18-9-13-6-5-7-23-13/h8,13H,4-7,9-10H2,1-3H3,(H,18,19)/t13-/m1/s1. The molecular weight excluding hydrogens is 356 g/mol. The van der Waals surface area contributed by atoms with Crippen LogP contribution in [-0.4, -0.2) is 45.6 Å². The second-order valence-corrected chi connectivity index (χ2v) is 8.33. The molecule has 1 aliphatic rings. The third kappa shape index (κ3) is 4.43. The van der Waals surface area contributed by atoms with Gasteiger partial charge in [0.05, 0.1) is 11.9 Å². The van der Waals surface area contributed by atoms with Gasteiger partial charge in [-0.15, -0.1) is 10.2 Å². The topological polar surface area (TPSA) is 69.0 Å². The number of aryl methyl sites for hydroxylation is 1. The minimum absolute atomic E-state index is 0.141. The summed E-state index contributed by atoms with van der Waals surface area (Å²) < 4.78 is 8.56. The Bertz CT molecular complexity index is 735. The van der Waals surface area contributed by atoms with Crippen molar-refractivity contribution < 1.29 is 9.53 Å². The monoisotopic (exact) mass is 380 g/mol. The molecule has 1 N–H and O–H groups in total. The SMILES string of the molecule is CCn1c(C)cc(C(=O)CSc2nnc(NC[C@H]3CCCO3)s2)c1C. The van der Waals surface area contributed by atoms with Crippen molar-refractivity contribution in [2.24, 2.45) is 0 Å². The van der Waals surface area contributed by atoms with E-state index in [4.69, 9.17) is 4.74 Å². The summed E-state index contributed by atoms with van der Waals surface area (Å²) in [6.07, 6.45) is 2.50. The van der Waals surface area contributed by atoms with E-state index >= 15 is 0 Å². The van der Waals surface area contributed by atoms with Crippen LogP contribution in [0.15, 0.2) is 10.4 Å². The summed E-state index contributed by atoms with van der Waals surface area (Å²) in [4.78, 5) is 12.5. The molecule has 1 saturated heterocycles. The van der Waals surface area contributed by atoms with Crippen molar-refractivity contribution in [1.82, 2.24) is 14.8 Å². The minimum Gasteiger partial charge on any atom is -0.376 e. The van der Waals surface area contributed by atoms with Gasteiger partial charge in [-0.05, 0) is 39.7 Å². The largest absolute Gasteiger partial charge is 0.376 e. The van der Waals surface area contributed by atoms with Crippen LogP contribution in [0.2, 0.25) is 0 Å². The average molecular weight is 381 g/mol.